The van der Waals surface area contributed by atoms with Crippen LogP contribution < -0.4 is 15.4 Å². The summed E-state index contributed by atoms with van der Waals surface area (Å²) in [5, 5.41) is 6.48. The smallest absolute Gasteiger partial charge is 0.191 e. The van der Waals surface area contributed by atoms with Crippen LogP contribution in [0.1, 0.15) is 25.7 Å². The highest BCUT2D eigenvalue weighted by Gasteiger charge is 2.36. The topological polar surface area (TPSA) is 54.9 Å². The molecule has 0 heterocycles. The van der Waals surface area contributed by atoms with Crippen molar-refractivity contribution in [3.05, 3.63) is 29.8 Å². The number of aliphatic imine (C=N–C) groups is 1. The zero-order chi connectivity index (χ0) is 18.1. The molecule has 5 nitrogen and oxygen atoms in total. The van der Waals surface area contributed by atoms with Crippen LogP contribution in [0.5, 0.6) is 5.75 Å². The fourth-order valence-corrected chi connectivity index (χ4v) is 2.93. The van der Waals surface area contributed by atoms with Crippen LogP contribution in [-0.2, 0) is 4.74 Å². The molecule has 1 aromatic carbocycles. The Hall–Kier alpha value is -1.16. The van der Waals surface area contributed by atoms with E-state index in [2.05, 4.69) is 15.6 Å². The maximum Gasteiger partial charge on any atom is 0.191 e. The van der Waals surface area contributed by atoms with E-state index in [1.54, 1.807) is 14.2 Å². The van der Waals surface area contributed by atoms with Crippen molar-refractivity contribution in [2.45, 2.75) is 25.7 Å². The van der Waals surface area contributed by atoms with Crippen molar-refractivity contribution in [1.29, 1.82) is 0 Å². The second-order valence-corrected chi connectivity index (χ2v) is 6.37. The molecule has 1 aromatic rings. The Balaban J connectivity index is 0.00000338. The first-order chi connectivity index (χ1) is 12.1. The fourth-order valence-electron chi connectivity index (χ4n) is 2.93. The van der Waals surface area contributed by atoms with E-state index in [0.717, 1.165) is 25.6 Å². The average molecular weight is 483 g/mol. The van der Waals surface area contributed by atoms with Crippen molar-refractivity contribution in [3.63, 3.8) is 0 Å². The summed E-state index contributed by atoms with van der Waals surface area (Å²) in [5.74, 6) is -0.593. The first-order valence-electron chi connectivity index (χ1n) is 8.60. The van der Waals surface area contributed by atoms with E-state index < -0.39 is 11.6 Å². The zero-order valence-electron chi connectivity index (χ0n) is 15.3. The predicted molar refractivity (Wildman–Crippen MR) is 109 cm³/mol. The fraction of sp³-hybridized carbons (Fsp3) is 0.611. The molecule has 1 aliphatic carbocycles. The molecule has 1 fully saturated rings. The van der Waals surface area contributed by atoms with Gasteiger partial charge < -0.3 is 20.1 Å². The van der Waals surface area contributed by atoms with Gasteiger partial charge in [-0.3, -0.25) is 4.99 Å². The van der Waals surface area contributed by atoms with Crippen molar-refractivity contribution in [1.82, 2.24) is 10.6 Å². The zero-order valence-corrected chi connectivity index (χ0v) is 17.6. The largest absolute Gasteiger partial charge is 0.489 e. The number of hydrogen-bond acceptors (Lipinski definition) is 3. The highest BCUT2D eigenvalue weighted by Crippen LogP contribution is 2.43. The van der Waals surface area contributed by atoms with E-state index in [1.165, 1.54) is 31.4 Å². The van der Waals surface area contributed by atoms with E-state index in [0.29, 0.717) is 17.9 Å². The third-order valence-corrected chi connectivity index (χ3v) is 4.65. The van der Waals surface area contributed by atoms with Crippen molar-refractivity contribution >= 4 is 29.9 Å². The Morgan fingerprint density at radius 2 is 2.00 bits per heavy atom. The summed E-state index contributed by atoms with van der Waals surface area (Å²) in [6.07, 6.45) is 4.70. The second kappa shape index (κ2) is 11.5. The lowest BCUT2D eigenvalue weighted by Gasteiger charge is -2.42. The van der Waals surface area contributed by atoms with Gasteiger partial charge in [-0.25, -0.2) is 8.78 Å². The molecule has 26 heavy (non-hydrogen) atoms. The van der Waals surface area contributed by atoms with Crippen molar-refractivity contribution in [2.24, 2.45) is 10.4 Å². The van der Waals surface area contributed by atoms with Crippen molar-refractivity contribution < 1.29 is 18.3 Å². The molecule has 2 rings (SSSR count). The van der Waals surface area contributed by atoms with E-state index >= 15 is 0 Å². The van der Waals surface area contributed by atoms with E-state index in [9.17, 15) is 8.78 Å². The molecular formula is C18H28F2IN3O2. The highest BCUT2D eigenvalue weighted by atomic mass is 127. The summed E-state index contributed by atoms with van der Waals surface area (Å²) in [5.41, 5.74) is 0.293. The molecular weight excluding hydrogens is 455 g/mol. The van der Waals surface area contributed by atoms with Crippen LogP contribution in [0.2, 0.25) is 0 Å². The lowest BCUT2D eigenvalue weighted by atomic mass is 9.67. The van der Waals surface area contributed by atoms with Gasteiger partial charge in [0.1, 0.15) is 12.4 Å². The van der Waals surface area contributed by atoms with Gasteiger partial charge in [-0.2, -0.15) is 0 Å². The van der Waals surface area contributed by atoms with Gasteiger partial charge in [-0.05, 0) is 36.8 Å². The Bertz CT molecular complexity index is 584. The minimum atomic E-state index is -0.701. The van der Waals surface area contributed by atoms with Crippen LogP contribution in [0.4, 0.5) is 8.78 Å². The Morgan fingerprint density at radius 1 is 1.23 bits per heavy atom. The summed E-state index contributed by atoms with van der Waals surface area (Å²) >= 11 is 0. The molecule has 2 N–H and O–H groups in total. The molecule has 1 aliphatic rings. The summed E-state index contributed by atoms with van der Waals surface area (Å²) in [7, 11) is 3.43. The van der Waals surface area contributed by atoms with Crippen LogP contribution in [0.25, 0.3) is 0 Å². The van der Waals surface area contributed by atoms with Crippen molar-refractivity contribution in [3.8, 4) is 5.75 Å². The molecule has 0 aromatic heterocycles. The monoisotopic (exact) mass is 483 g/mol. The second-order valence-electron chi connectivity index (χ2n) is 6.37. The van der Waals surface area contributed by atoms with E-state index in [1.807, 2.05) is 0 Å². The van der Waals surface area contributed by atoms with Crippen LogP contribution >= 0.6 is 24.0 Å². The molecule has 1 saturated carbocycles. The van der Waals surface area contributed by atoms with Gasteiger partial charge in [0, 0.05) is 33.4 Å². The first kappa shape index (κ1) is 22.9. The Labute approximate surface area is 171 Å². The average Bonchev–Trinajstić information content (AvgIpc) is 2.56. The molecule has 0 bridgehead atoms. The van der Waals surface area contributed by atoms with Crippen molar-refractivity contribution in [2.75, 3.05) is 40.5 Å². The van der Waals surface area contributed by atoms with Crippen LogP contribution in [0.15, 0.2) is 23.2 Å². The number of nitrogens with zero attached hydrogens (tertiary/aromatic N) is 1. The number of ether oxygens (including phenoxy) is 2. The molecule has 0 aliphatic heterocycles. The number of benzene rings is 1. The summed E-state index contributed by atoms with van der Waals surface area (Å²) in [4.78, 5) is 4.19. The van der Waals surface area contributed by atoms with Gasteiger partial charge in [0.2, 0.25) is 0 Å². The molecule has 0 unspecified atom stereocenters. The van der Waals surface area contributed by atoms with Crippen LogP contribution in [0, 0.1) is 17.0 Å². The molecule has 0 amide bonds. The predicted octanol–water partition coefficient (Wildman–Crippen LogP) is 3.33. The lowest BCUT2D eigenvalue weighted by Crippen LogP contribution is -2.47. The first-order valence-corrected chi connectivity index (χ1v) is 8.60. The summed E-state index contributed by atoms with van der Waals surface area (Å²) < 4.78 is 36.8. The van der Waals surface area contributed by atoms with Gasteiger partial charge in [-0.15, -0.1) is 24.0 Å². The normalized spacial score (nSPS) is 15.6. The maximum atomic E-state index is 13.5. The number of rotatable bonds is 9. The standard InChI is InChI=1S/C18H27F2N3O2.HI/c1-21-17(23-13-18(6-3-7-18)8-10-24-2)22-9-11-25-16-5-4-14(19)12-15(16)20;/h4-5,12H,3,6-11,13H2,1-2H3,(H2,21,22,23);1H. The van der Waals surface area contributed by atoms with E-state index in [-0.39, 0.29) is 36.3 Å². The van der Waals surface area contributed by atoms with Crippen LogP contribution in [-0.4, -0.2) is 46.4 Å². The van der Waals surface area contributed by atoms with Gasteiger partial charge in [-0.1, -0.05) is 6.42 Å². The SMILES string of the molecule is CN=C(NCCOc1ccc(F)cc1F)NCC1(CCOC)CCC1.I. The number of methoxy groups -OCH3 is 1. The number of halogens is 3. The molecule has 0 atom stereocenters. The van der Waals surface area contributed by atoms with Gasteiger partial charge >= 0.3 is 0 Å². The summed E-state index contributed by atoms with van der Waals surface area (Å²) in [6, 6.07) is 3.26. The quantitative estimate of drug-likeness (QED) is 0.245. The number of hydrogen-bond donors (Lipinski definition) is 2. The Morgan fingerprint density at radius 3 is 2.58 bits per heavy atom. The minimum Gasteiger partial charge on any atom is -0.489 e. The Kier molecular flexibility index (Phi) is 10.1. The number of guanidine groups is 1. The highest BCUT2D eigenvalue weighted by molar-refractivity contribution is 14.0. The third-order valence-electron chi connectivity index (χ3n) is 4.65. The maximum absolute atomic E-state index is 13.5. The van der Waals surface area contributed by atoms with Gasteiger partial charge in [0.15, 0.2) is 17.5 Å². The molecule has 0 radical (unpaired) electrons. The lowest BCUT2D eigenvalue weighted by molar-refractivity contribution is 0.0732. The third kappa shape index (κ3) is 6.86. The van der Waals surface area contributed by atoms with Gasteiger partial charge in [0.05, 0.1) is 6.54 Å². The minimum absolute atomic E-state index is 0. The number of nitrogens with one attached hydrogen (secondary N) is 2. The molecule has 148 valence electrons. The van der Waals surface area contributed by atoms with Gasteiger partial charge in [0.25, 0.3) is 0 Å². The molecule has 8 heteroatoms. The van der Waals surface area contributed by atoms with Crippen LogP contribution in [0.3, 0.4) is 0 Å². The summed E-state index contributed by atoms with van der Waals surface area (Å²) in [6.45, 7) is 2.33. The van der Waals surface area contributed by atoms with E-state index in [4.69, 9.17) is 9.47 Å². The molecule has 0 spiro atoms. The molecule has 0 saturated heterocycles.